The number of para-hydroxylation sites is 1. The molecule has 0 radical (unpaired) electrons. The maximum Gasteiger partial charge on any atom is 0.349 e. The minimum atomic E-state index is -0.606. The second kappa shape index (κ2) is 8.98. The summed E-state index contributed by atoms with van der Waals surface area (Å²) in [6.45, 7) is 2.21. The highest BCUT2D eigenvalue weighted by Crippen LogP contribution is 2.34. The third-order valence-corrected chi connectivity index (χ3v) is 6.91. The maximum absolute atomic E-state index is 13.0. The Balaban J connectivity index is 1.11. The van der Waals surface area contributed by atoms with Crippen molar-refractivity contribution in [1.82, 2.24) is 20.0 Å². The first-order valence-corrected chi connectivity index (χ1v) is 12.0. The summed E-state index contributed by atoms with van der Waals surface area (Å²) in [4.78, 5) is 38.4. The predicted molar refractivity (Wildman–Crippen MR) is 129 cm³/mol. The van der Waals surface area contributed by atoms with Gasteiger partial charge in [-0.3, -0.25) is 4.79 Å². The number of carbonyl (C=O) groups excluding carboxylic acids is 1. The number of fused-ring (bicyclic) bond motifs is 1. The Hall–Kier alpha value is -4.01. The van der Waals surface area contributed by atoms with Crippen molar-refractivity contribution in [2.45, 2.75) is 31.6 Å². The van der Waals surface area contributed by atoms with E-state index in [-0.39, 0.29) is 11.5 Å². The molecule has 35 heavy (non-hydrogen) atoms. The van der Waals surface area contributed by atoms with Gasteiger partial charge in [-0.15, -0.1) is 0 Å². The van der Waals surface area contributed by atoms with E-state index in [1.54, 1.807) is 29.3 Å². The molecule has 1 aliphatic heterocycles. The van der Waals surface area contributed by atoms with Crippen LogP contribution in [-0.2, 0) is 0 Å². The average Bonchev–Trinajstić information content (AvgIpc) is 3.61. The van der Waals surface area contributed by atoms with Crippen molar-refractivity contribution in [3.63, 3.8) is 0 Å². The van der Waals surface area contributed by atoms with Gasteiger partial charge in [0.25, 0.3) is 5.91 Å². The number of hydrogen-bond acceptors (Lipinski definition) is 8. The van der Waals surface area contributed by atoms with Gasteiger partial charge in [-0.1, -0.05) is 36.2 Å². The second-order valence-corrected chi connectivity index (χ2v) is 9.11. The van der Waals surface area contributed by atoms with Crippen molar-refractivity contribution in [1.29, 1.82) is 0 Å². The molecule has 9 heteroatoms. The zero-order valence-corrected chi connectivity index (χ0v) is 19.2. The van der Waals surface area contributed by atoms with Crippen molar-refractivity contribution in [2.75, 3.05) is 31.1 Å². The van der Waals surface area contributed by atoms with E-state index in [1.165, 1.54) is 12.8 Å². The summed E-state index contributed by atoms with van der Waals surface area (Å²) in [5.41, 5.74) is 0.755. The van der Waals surface area contributed by atoms with E-state index in [1.807, 2.05) is 24.3 Å². The van der Waals surface area contributed by atoms with Crippen LogP contribution >= 0.6 is 0 Å². The highest BCUT2D eigenvalue weighted by atomic mass is 16.5. The molecule has 0 atom stereocenters. The van der Waals surface area contributed by atoms with Crippen molar-refractivity contribution >= 4 is 22.7 Å². The van der Waals surface area contributed by atoms with Crippen LogP contribution in [0.1, 0.15) is 47.8 Å². The Bertz CT molecular complexity index is 1410. The lowest BCUT2D eigenvalue weighted by Gasteiger charge is -2.35. The molecule has 1 saturated heterocycles. The Morgan fingerprint density at radius 3 is 2.57 bits per heavy atom. The van der Waals surface area contributed by atoms with E-state index in [0.29, 0.717) is 43.5 Å². The number of aromatic nitrogens is 3. The standard InChI is InChI=1S/C26H25N5O4/c32-25(20-15-18-7-3-4-8-21(18)34-26(20)33)31-13-11-30(12-14-31)22-10-9-19(16-27-22)23-28-24(35-29-23)17-5-1-2-6-17/h3-4,7-10,15-17H,1-2,5-6,11-14H2. The normalized spacial score (nSPS) is 16.8. The van der Waals surface area contributed by atoms with Crippen LogP contribution in [0.25, 0.3) is 22.4 Å². The van der Waals surface area contributed by atoms with Crippen molar-refractivity contribution in [3.05, 3.63) is 70.5 Å². The first-order chi connectivity index (χ1) is 17.2. The monoisotopic (exact) mass is 471 g/mol. The Morgan fingerprint density at radius 2 is 1.80 bits per heavy atom. The molecule has 6 rings (SSSR count). The van der Waals surface area contributed by atoms with Gasteiger partial charge >= 0.3 is 5.63 Å². The summed E-state index contributed by atoms with van der Waals surface area (Å²) in [5, 5.41) is 4.87. The van der Waals surface area contributed by atoms with Crippen molar-refractivity contribution < 1.29 is 13.7 Å². The Kier molecular flexibility index (Phi) is 5.52. The number of pyridine rings is 1. The number of anilines is 1. The largest absolute Gasteiger partial charge is 0.422 e. The van der Waals surface area contributed by atoms with E-state index >= 15 is 0 Å². The third-order valence-electron chi connectivity index (χ3n) is 6.91. The lowest BCUT2D eigenvalue weighted by molar-refractivity contribution is 0.0742. The zero-order valence-electron chi connectivity index (χ0n) is 19.2. The molecular formula is C26H25N5O4. The number of hydrogen-bond donors (Lipinski definition) is 0. The fourth-order valence-corrected chi connectivity index (χ4v) is 4.92. The summed E-state index contributed by atoms with van der Waals surface area (Å²) >= 11 is 0. The van der Waals surface area contributed by atoms with E-state index in [4.69, 9.17) is 8.94 Å². The van der Waals surface area contributed by atoms with Gasteiger partial charge < -0.3 is 18.7 Å². The van der Waals surface area contributed by atoms with Gasteiger partial charge in [-0.05, 0) is 37.1 Å². The molecular weight excluding hydrogens is 446 g/mol. The molecule has 1 aliphatic carbocycles. The smallest absolute Gasteiger partial charge is 0.349 e. The minimum Gasteiger partial charge on any atom is -0.422 e. The van der Waals surface area contributed by atoms with Gasteiger partial charge in [0.05, 0.1) is 0 Å². The number of piperazine rings is 1. The molecule has 2 aliphatic rings. The number of rotatable bonds is 4. The van der Waals surface area contributed by atoms with Crippen molar-refractivity contribution in [2.24, 2.45) is 0 Å². The second-order valence-electron chi connectivity index (χ2n) is 9.11. The number of carbonyl (C=O) groups is 1. The molecule has 0 bridgehead atoms. The van der Waals surface area contributed by atoms with Crippen LogP contribution in [0.4, 0.5) is 5.82 Å². The zero-order chi connectivity index (χ0) is 23.8. The van der Waals surface area contributed by atoms with Gasteiger partial charge in [0.1, 0.15) is 17.0 Å². The number of benzene rings is 1. The highest BCUT2D eigenvalue weighted by Gasteiger charge is 2.26. The predicted octanol–water partition coefficient (Wildman–Crippen LogP) is 3.86. The molecule has 1 saturated carbocycles. The Labute approximate surface area is 201 Å². The molecule has 0 unspecified atom stereocenters. The van der Waals surface area contributed by atoms with Crippen LogP contribution < -0.4 is 10.5 Å². The summed E-state index contributed by atoms with van der Waals surface area (Å²) < 4.78 is 10.8. The van der Waals surface area contributed by atoms with Crippen molar-refractivity contribution in [3.8, 4) is 11.4 Å². The third kappa shape index (κ3) is 4.18. The van der Waals surface area contributed by atoms with Gasteiger partial charge in [0.2, 0.25) is 11.7 Å². The van der Waals surface area contributed by atoms with Crippen LogP contribution in [0.5, 0.6) is 0 Å². The molecule has 0 N–H and O–H groups in total. The molecule has 0 spiro atoms. The fraction of sp³-hybridized carbons (Fsp3) is 0.346. The molecule has 4 heterocycles. The molecule has 3 aromatic heterocycles. The van der Waals surface area contributed by atoms with Crippen LogP contribution in [0, 0.1) is 0 Å². The summed E-state index contributed by atoms with van der Waals surface area (Å²) in [6, 6.07) is 12.7. The van der Waals surface area contributed by atoms with Crippen LogP contribution in [-0.4, -0.2) is 52.1 Å². The molecule has 4 aromatic rings. The van der Waals surface area contributed by atoms with Crippen LogP contribution in [0.3, 0.4) is 0 Å². The molecule has 9 nitrogen and oxygen atoms in total. The first-order valence-electron chi connectivity index (χ1n) is 12.0. The molecule has 178 valence electrons. The fourth-order valence-electron chi connectivity index (χ4n) is 4.92. The van der Waals surface area contributed by atoms with Crippen LogP contribution in [0.2, 0.25) is 0 Å². The first kappa shape index (κ1) is 21.5. The lowest BCUT2D eigenvalue weighted by Crippen LogP contribution is -2.49. The van der Waals surface area contributed by atoms with Gasteiger partial charge in [0, 0.05) is 49.2 Å². The molecule has 1 aromatic carbocycles. The lowest BCUT2D eigenvalue weighted by atomic mass is 10.1. The average molecular weight is 472 g/mol. The summed E-state index contributed by atoms with van der Waals surface area (Å²) in [6.07, 6.45) is 6.41. The van der Waals surface area contributed by atoms with Gasteiger partial charge in [-0.25, -0.2) is 9.78 Å². The topological polar surface area (TPSA) is 106 Å². The SMILES string of the molecule is O=C(c1cc2ccccc2oc1=O)N1CCN(c2ccc(-c3noc(C4CCCC4)n3)cn2)CC1. The quantitative estimate of drug-likeness (QED) is 0.413. The highest BCUT2D eigenvalue weighted by molar-refractivity contribution is 5.96. The summed E-state index contributed by atoms with van der Waals surface area (Å²) in [7, 11) is 0. The molecule has 2 fully saturated rings. The van der Waals surface area contributed by atoms with E-state index in [0.717, 1.165) is 35.5 Å². The maximum atomic E-state index is 13.0. The van der Waals surface area contributed by atoms with E-state index in [2.05, 4.69) is 20.0 Å². The Morgan fingerprint density at radius 1 is 1.00 bits per heavy atom. The number of nitrogens with zero attached hydrogens (tertiary/aromatic N) is 5. The van der Waals surface area contributed by atoms with Gasteiger partial charge in [0.15, 0.2) is 0 Å². The van der Waals surface area contributed by atoms with Gasteiger partial charge in [-0.2, -0.15) is 4.98 Å². The minimum absolute atomic E-state index is 0.0664. The number of amides is 1. The van der Waals surface area contributed by atoms with E-state index < -0.39 is 5.63 Å². The van der Waals surface area contributed by atoms with E-state index in [9.17, 15) is 9.59 Å². The van der Waals surface area contributed by atoms with Crippen LogP contribution in [0.15, 0.2) is 62.4 Å². The summed E-state index contributed by atoms with van der Waals surface area (Å²) in [5.74, 6) is 2.19. The molecule has 1 amide bonds.